The number of nitrogen functional groups attached to an aromatic ring is 1. The van der Waals surface area contributed by atoms with E-state index in [2.05, 4.69) is 13.8 Å². The summed E-state index contributed by atoms with van der Waals surface area (Å²) >= 11 is 14.0. The lowest BCUT2D eigenvalue weighted by atomic mass is 10.1. The fourth-order valence-corrected chi connectivity index (χ4v) is 3.68. The van der Waals surface area contributed by atoms with Crippen molar-refractivity contribution in [3.8, 4) is 0 Å². The summed E-state index contributed by atoms with van der Waals surface area (Å²) in [5.41, 5.74) is 6.59. The Bertz CT molecular complexity index is 534. The highest BCUT2D eigenvalue weighted by Crippen LogP contribution is 2.33. The molecule has 1 aromatic carbocycles. The van der Waals surface area contributed by atoms with Crippen LogP contribution in [0, 0.1) is 0 Å². The molecule has 1 heterocycles. The van der Waals surface area contributed by atoms with E-state index in [4.69, 9.17) is 28.9 Å². The lowest BCUT2D eigenvalue weighted by molar-refractivity contribution is 0.0765. The van der Waals surface area contributed by atoms with Gasteiger partial charge in [-0.2, -0.15) is 11.8 Å². The second-order valence-electron chi connectivity index (χ2n) is 5.51. The zero-order valence-electron chi connectivity index (χ0n) is 11.6. The number of rotatable bonds is 1. The number of carbonyl (C=O) groups is 1. The van der Waals surface area contributed by atoms with Crippen LogP contribution >= 0.6 is 35.0 Å². The number of nitrogens with zero attached hydrogens (tertiary/aromatic N) is 1. The Balaban J connectivity index is 2.23. The van der Waals surface area contributed by atoms with Crippen molar-refractivity contribution in [2.45, 2.75) is 25.0 Å². The van der Waals surface area contributed by atoms with Crippen LogP contribution in [-0.4, -0.2) is 34.4 Å². The summed E-state index contributed by atoms with van der Waals surface area (Å²) in [4.78, 5) is 14.4. The molecule has 1 aliphatic rings. The Hall–Kier alpha value is -0.580. The molecule has 0 aromatic heterocycles. The summed E-state index contributed by atoms with van der Waals surface area (Å²) in [6, 6.07) is 3.15. The van der Waals surface area contributed by atoms with Crippen molar-refractivity contribution >= 4 is 46.6 Å². The summed E-state index contributed by atoms with van der Waals surface area (Å²) in [6.07, 6.45) is 0.955. The second kappa shape index (κ2) is 6.04. The van der Waals surface area contributed by atoms with E-state index in [1.807, 2.05) is 16.7 Å². The van der Waals surface area contributed by atoms with Crippen LogP contribution in [0.2, 0.25) is 10.0 Å². The van der Waals surface area contributed by atoms with E-state index in [0.717, 1.165) is 25.3 Å². The number of nitrogens with two attached hydrogens (primary N) is 1. The molecule has 2 rings (SSSR count). The first-order chi connectivity index (χ1) is 9.30. The third-order valence-corrected chi connectivity index (χ3v) is 5.58. The maximum Gasteiger partial charge on any atom is 0.255 e. The van der Waals surface area contributed by atoms with Crippen LogP contribution in [0.25, 0.3) is 0 Å². The normalized spacial score (nSPS) is 18.7. The summed E-state index contributed by atoms with van der Waals surface area (Å²) in [5, 5.41) is 0.599. The van der Waals surface area contributed by atoms with Crippen LogP contribution in [-0.2, 0) is 0 Å². The lowest BCUT2D eigenvalue weighted by Gasteiger charge is -2.23. The predicted octanol–water partition coefficient (Wildman–Crippen LogP) is 3.93. The van der Waals surface area contributed by atoms with Gasteiger partial charge in [0.25, 0.3) is 5.91 Å². The molecule has 1 aliphatic heterocycles. The van der Waals surface area contributed by atoms with E-state index in [1.54, 1.807) is 12.1 Å². The van der Waals surface area contributed by atoms with Crippen LogP contribution in [0.4, 0.5) is 5.69 Å². The second-order valence-corrected chi connectivity index (χ2v) is 8.10. The summed E-state index contributed by atoms with van der Waals surface area (Å²) in [6.45, 7) is 5.85. The molecular formula is C14H18Cl2N2OS. The molecule has 1 amide bonds. The predicted molar refractivity (Wildman–Crippen MR) is 87.9 cm³/mol. The number of amides is 1. The maximum absolute atomic E-state index is 12.6. The largest absolute Gasteiger partial charge is 0.399 e. The standard InChI is InChI=1S/C14H18Cl2N2OS/c1-14(2)3-4-18(5-6-20-14)13(19)10-7-9(17)8-11(15)12(10)16/h7-8H,3-6,17H2,1-2H3. The Labute approximate surface area is 133 Å². The molecule has 0 aliphatic carbocycles. The van der Waals surface area contributed by atoms with Crippen molar-refractivity contribution in [2.24, 2.45) is 0 Å². The Morgan fingerprint density at radius 1 is 1.35 bits per heavy atom. The van der Waals surface area contributed by atoms with Crippen LogP contribution in [0.5, 0.6) is 0 Å². The molecule has 3 nitrogen and oxygen atoms in total. The van der Waals surface area contributed by atoms with Gasteiger partial charge < -0.3 is 10.6 Å². The number of halogens is 2. The minimum absolute atomic E-state index is 0.0949. The van der Waals surface area contributed by atoms with Gasteiger partial charge in [0.2, 0.25) is 0 Å². The summed E-state index contributed by atoms with van der Waals surface area (Å²) in [5.74, 6) is 0.828. The number of hydrogen-bond acceptors (Lipinski definition) is 3. The third kappa shape index (κ3) is 3.54. The van der Waals surface area contributed by atoms with E-state index in [-0.39, 0.29) is 15.7 Å². The molecule has 20 heavy (non-hydrogen) atoms. The number of thioether (sulfide) groups is 1. The number of hydrogen-bond donors (Lipinski definition) is 1. The van der Waals surface area contributed by atoms with Crippen LogP contribution in [0.15, 0.2) is 12.1 Å². The van der Waals surface area contributed by atoms with Crippen molar-refractivity contribution in [3.63, 3.8) is 0 Å². The Morgan fingerprint density at radius 2 is 2.05 bits per heavy atom. The minimum Gasteiger partial charge on any atom is -0.399 e. The topological polar surface area (TPSA) is 46.3 Å². The fraction of sp³-hybridized carbons (Fsp3) is 0.500. The van der Waals surface area contributed by atoms with Crippen molar-refractivity contribution in [1.29, 1.82) is 0 Å². The zero-order chi connectivity index (χ0) is 14.9. The first-order valence-corrected chi connectivity index (χ1v) is 8.22. The fourth-order valence-electron chi connectivity index (χ4n) is 2.16. The molecule has 0 bridgehead atoms. The molecule has 0 unspecified atom stereocenters. The number of benzene rings is 1. The van der Waals surface area contributed by atoms with Gasteiger partial charge in [0, 0.05) is 29.3 Å². The molecule has 1 saturated heterocycles. The minimum atomic E-state index is -0.0949. The average Bonchev–Trinajstić information content (AvgIpc) is 2.54. The molecular weight excluding hydrogens is 315 g/mol. The van der Waals surface area contributed by atoms with Crippen molar-refractivity contribution in [3.05, 3.63) is 27.7 Å². The van der Waals surface area contributed by atoms with E-state index in [0.29, 0.717) is 16.3 Å². The lowest BCUT2D eigenvalue weighted by Crippen LogP contribution is -2.33. The molecule has 0 spiro atoms. The van der Waals surface area contributed by atoms with Gasteiger partial charge in [-0.25, -0.2) is 0 Å². The highest BCUT2D eigenvalue weighted by molar-refractivity contribution is 8.00. The van der Waals surface area contributed by atoms with E-state index in [9.17, 15) is 4.79 Å². The molecule has 1 aromatic rings. The monoisotopic (exact) mass is 332 g/mol. The molecule has 2 N–H and O–H groups in total. The Morgan fingerprint density at radius 3 is 2.75 bits per heavy atom. The highest BCUT2D eigenvalue weighted by Gasteiger charge is 2.27. The van der Waals surface area contributed by atoms with E-state index >= 15 is 0 Å². The van der Waals surface area contributed by atoms with Crippen molar-refractivity contribution in [2.75, 3.05) is 24.6 Å². The van der Waals surface area contributed by atoms with Gasteiger partial charge in [0.1, 0.15) is 0 Å². The number of carbonyl (C=O) groups excluding carboxylic acids is 1. The molecule has 1 fully saturated rings. The SMILES string of the molecule is CC1(C)CCN(C(=O)c2cc(N)cc(Cl)c2Cl)CCS1. The molecule has 0 atom stereocenters. The van der Waals surface area contributed by atoms with Crippen molar-refractivity contribution < 1.29 is 4.79 Å². The first kappa shape index (κ1) is 15.8. The van der Waals surface area contributed by atoms with Crippen LogP contribution in [0.3, 0.4) is 0 Å². The Kier molecular flexibility index (Phi) is 4.77. The molecule has 0 saturated carbocycles. The molecule has 0 radical (unpaired) electrons. The van der Waals surface area contributed by atoms with Crippen LogP contribution < -0.4 is 5.73 Å². The zero-order valence-corrected chi connectivity index (χ0v) is 13.9. The van der Waals surface area contributed by atoms with Crippen molar-refractivity contribution in [1.82, 2.24) is 4.90 Å². The molecule has 110 valence electrons. The van der Waals surface area contributed by atoms with Gasteiger partial charge in [-0.3, -0.25) is 4.79 Å². The summed E-state index contributed by atoms with van der Waals surface area (Å²) < 4.78 is 0.201. The highest BCUT2D eigenvalue weighted by atomic mass is 35.5. The van der Waals surface area contributed by atoms with Gasteiger partial charge in [0.15, 0.2) is 0 Å². The van der Waals surface area contributed by atoms with Crippen LogP contribution in [0.1, 0.15) is 30.6 Å². The van der Waals surface area contributed by atoms with Gasteiger partial charge in [-0.1, -0.05) is 37.0 Å². The van der Waals surface area contributed by atoms with Gasteiger partial charge in [0.05, 0.1) is 15.6 Å². The van der Waals surface area contributed by atoms with Gasteiger partial charge in [-0.05, 0) is 18.6 Å². The first-order valence-electron chi connectivity index (χ1n) is 6.48. The summed E-state index contributed by atoms with van der Waals surface area (Å²) in [7, 11) is 0. The average molecular weight is 333 g/mol. The smallest absolute Gasteiger partial charge is 0.255 e. The quantitative estimate of drug-likeness (QED) is 0.792. The van der Waals surface area contributed by atoms with Gasteiger partial charge in [-0.15, -0.1) is 0 Å². The van der Waals surface area contributed by atoms with E-state index < -0.39 is 0 Å². The maximum atomic E-state index is 12.6. The molecule has 6 heteroatoms. The third-order valence-electron chi connectivity index (χ3n) is 3.41. The van der Waals surface area contributed by atoms with Gasteiger partial charge >= 0.3 is 0 Å². The van der Waals surface area contributed by atoms with E-state index in [1.165, 1.54) is 0 Å². The number of anilines is 1.